The molecular formula is C19H19N5. The van der Waals surface area contributed by atoms with Crippen LogP contribution in [-0.4, -0.2) is 9.55 Å². The van der Waals surface area contributed by atoms with Gasteiger partial charge in [-0.25, -0.2) is 4.98 Å². The van der Waals surface area contributed by atoms with Crippen molar-refractivity contribution in [2.45, 2.75) is 45.1 Å². The molecule has 0 spiro atoms. The average molecular weight is 317 g/mol. The van der Waals surface area contributed by atoms with Crippen LogP contribution in [-0.2, 0) is 17.4 Å². The zero-order chi connectivity index (χ0) is 18.0. The molecule has 0 radical (unpaired) electrons. The van der Waals surface area contributed by atoms with Gasteiger partial charge in [0, 0.05) is 18.9 Å². The summed E-state index contributed by atoms with van der Waals surface area (Å²) >= 11 is 0. The smallest absolute Gasteiger partial charge is 0.0991 e. The second-order valence-electron chi connectivity index (χ2n) is 6.87. The van der Waals surface area contributed by atoms with Crippen LogP contribution in [0.5, 0.6) is 0 Å². The largest absolute Gasteiger partial charge is 0.333 e. The number of aromatic nitrogens is 2. The lowest BCUT2D eigenvalue weighted by Crippen LogP contribution is -2.24. The lowest BCUT2D eigenvalue weighted by atomic mass is 9.75. The molecule has 0 bridgehead atoms. The van der Waals surface area contributed by atoms with Crippen LogP contribution in [0, 0.1) is 34.0 Å². The highest BCUT2D eigenvalue weighted by Gasteiger charge is 2.31. The summed E-state index contributed by atoms with van der Waals surface area (Å²) in [6.07, 6.45) is 5.23. The van der Waals surface area contributed by atoms with Crippen molar-refractivity contribution in [3.63, 3.8) is 0 Å². The number of nitrogens with zero attached hydrogens (tertiary/aromatic N) is 5. The highest BCUT2D eigenvalue weighted by Crippen LogP contribution is 2.35. The maximum atomic E-state index is 9.60. The normalized spacial score (nSPS) is 11.4. The minimum atomic E-state index is -0.775. The molecule has 2 rings (SSSR count). The molecule has 5 heteroatoms. The Hall–Kier alpha value is -3.10. The third kappa shape index (κ3) is 3.14. The number of hydrogen-bond acceptors (Lipinski definition) is 4. The van der Waals surface area contributed by atoms with Gasteiger partial charge in [-0.1, -0.05) is 0 Å². The van der Waals surface area contributed by atoms with Crippen LogP contribution in [0.2, 0.25) is 0 Å². The van der Waals surface area contributed by atoms with Crippen molar-refractivity contribution in [1.29, 1.82) is 15.8 Å². The predicted octanol–water partition coefficient (Wildman–Crippen LogP) is 3.41. The lowest BCUT2D eigenvalue weighted by Gasteiger charge is -2.28. The topological polar surface area (TPSA) is 89.2 Å². The number of nitriles is 3. The molecule has 120 valence electrons. The summed E-state index contributed by atoms with van der Waals surface area (Å²) < 4.78 is 1.90. The zero-order valence-corrected chi connectivity index (χ0v) is 14.3. The summed E-state index contributed by atoms with van der Waals surface area (Å²) in [6.45, 7) is 7.79. The van der Waals surface area contributed by atoms with Gasteiger partial charge in [-0.15, -0.1) is 0 Å². The first-order valence-corrected chi connectivity index (χ1v) is 7.61. The summed E-state index contributed by atoms with van der Waals surface area (Å²) in [4.78, 5) is 4.06. The van der Waals surface area contributed by atoms with E-state index in [2.05, 4.69) is 23.2 Å². The first kappa shape index (κ1) is 17.3. The highest BCUT2D eigenvalue weighted by atomic mass is 15.0. The minimum absolute atomic E-state index is 0.459. The monoisotopic (exact) mass is 317 g/mol. The Kier molecular flexibility index (Phi) is 4.45. The van der Waals surface area contributed by atoms with E-state index in [1.807, 2.05) is 38.5 Å². The Morgan fingerprint density at radius 3 is 1.92 bits per heavy atom. The van der Waals surface area contributed by atoms with Crippen LogP contribution in [0.3, 0.4) is 0 Å². The average Bonchev–Trinajstić information content (AvgIpc) is 3.07. The van der Waals surface area contributed by atoms with Crippen molar-refractivity contribution in [2.24, 2.45) is 0 Å². The standard InChI is InChI=1S/C19H19N5/c1-18(2,11-21)16-7-14(9-20)8-17(19(3,4)12-22)15(16)10-24-6-5-23-13-24/h5-8,13H,10H2,1-4H3. The fraction of sp³-hybridized carbons (Fsp3) is 0.368. The van der Waals surface area contributed by atoms with Crippen LogP contribution in [0.25, 0.3) is 0 Å². The van der Waals surface area contributed by atoms with Crippen LogP contribution in [0.4, 0.5) is 0 Å². The molecule has 2 aromatic rings. The van der Waals surface area contributed by atoms with Crippen LogP contribution >= 0.6 is 0 Å². The van der Waals surface area contributed by atoms with Gasteiger partial charge in [-0.3, -0.25) is 0 Å². The zero-order valence-electron chi connectivity index (χ0n) is 14.3. The van der Waals surface area contributed by atoms with Gasteiger partial charge in [-0.2, -0.15) is 15.8 Å². The molecule has 0 N–H and O–H groups in total. The van der Waals surface area contributed by atoms with Crippen molar-refractivity contribution in [3.8, 4) is 18.2 Å². The summed E-state index contributed by atoms with van der Waals surface area (Å²) in [5, 5.41) is 28.6. The van der Waals surface area contributed by atoms with Gasteiger partial charge in [0.1, 0.15) is 0 Å². The van der Waals surface area contributed by atoms with Crippen molar-refractivity contribution in [3.05, 3.63) is 53.1 Å². The fourth-order valence-corrected chi connectivity index (χ4v) is 2.71. The summed E-state index contributed by atoms with van der Waals surface area (Å²) in [7, 11) is 0. The first-order chi connectivity index (χ1) is 11.2. The van der Waals surface area contributed by atoms with E-state index in [4.69, 9.17) is 0 Å². The molecule has 1 aromatic carbocycles. The van der Waals surface area contributed by atoms with Crippen molar-refractivity contribution in [1.82, 2.24) is 9.55 Å². The lowest BCUT2D eigenvalue weighted by molar-refractivity contribution is 0.627. The molecule has 0 fully saturated rings. The van der Waals surface area contributed by atoms with Crippen molar-refractivity contribution in [2.75, 3.05) is 0 Å². The second kappa shape index (κ2) is 6.19. The van der Waals surface area contributed by atoms with Gasteiger partial charge in [0.2, 0.25) is 0 Å². The Morgan fingerprint density at radius 2 is 1.54 bits per heavy atom. The van der Waals surface area contributed by atoms with Gasteiger partial charge >= 0.3 is 0 Å². The van der Waals surface area contributed by atoms with Gasteiger partial charge in [-0.05, 0) is 56.5 Å². The summed E-state index contributed by atoms with van der Waals surface area (Å²) in [5.74, 6) is 0. The Bertz CT molecular complexity index is 821. The van der Waals surface area contributed by atoms with E-state index in [9.17, 15) is 15.8 Å². The number of rotatable bonds is 4. The third-order valence-corrected chi connectivity index (χ3v) is 4.18. The van der Waals surface area contributed by atoms with Crippen LogP contribution in [0.1, 0.15) is 49.9 Å². The Balaban J connectivity index is 2.83. The van der Waals surface area contributed by atoms with E-state index in [0.29, 0.717) is 12.1 Å². The molecule has 0 atom stereocenters. The maximum absolute atomic E-state index is 9.60. The fourth-order valence-electron chi connectivity index (χ4n) is 2.71. The van der Waals surface area contributed by atoms with Gasteiger partial charge in [0.25, 0.3) is 0 Å². The number of benzene rings is 1. The molecule has 0 aliphatic heterocycles. The molecule has 0 aliphatic rings. The summed E-state index contributed by atoms with van der Waals surface area (Å²) in [6, 6.07) is 10.3. The number of imidazole rings is 1. The van der Waals surface area contributed by atoms with E-state index in [-0.39, 0.29) is 0 Å². The Labute approximate surface area is 142 Å². The molecular weight excluding hydrogens is 298 g/mol. The van der Waals surface area contributed by atoms with E-state index < -0.39 is 10.8 Å². The molecule has 1 heterocycles. The van der Waals surface area contributed by atoms with Crippen molar-refractivity contribution >= 4 is 0 Å². The predicted molar refractivity (Wildman–Crippen MR) is 89.8 cm³/mol. The molecule has 5 nitrogen and oxygen atoms in total. The van der Waals surface area contributed by atoms with E-state index in [1.54, 1.807) is 24.7 Å². The molecule has 0 saturated carbocycles. The van der Waals surface area contributed by atoms with Gasteiger partial charge in [0.15, 0.2) is 0 Å². The minimum Gasteiger partial charge on any atom is -0.333 e. The maximum Gasteiger partial charge on any atom is 0.0991 e. The SMILES string of the molecule is CC(C)(C#N)c1cc(C#N)cc(C(C)(C)C#N)c1Cn1ccnc1. The molecule has 0 amide bonds. The van der Waals surface area contributed by atoms with Gasteiger partial charge < -0.3 is 4.57 Å². The van der Waals surface area contributed by atoms with Crippen LogP contribution in [0.15, 0.2) is 30.9 Å². The molecule has 24 heavy (non-hydrogen) atoms. The second-order valence-corrected chi connectivity index (χ2v) is 6.87. The molecule has 0 saturated heterocycles. The van der Waals surface area contributed by atoms with E-state index in [0.717, 1.165) is 16.7 Å². The quantitative estimate of drug-likeness (QED) is 0.864. The Morgan fingerprint density at radius 1 is 1.00 bits per heavy atom. The van der Waals surface area contributed by atoms with Crippen molar-refractivity contribution < 1.29 is 0 Å². The van der Waals surface area contributed by atoms with Crippen LogP contribution < -0.4 is 0 Å². The first-order valence-electron chi connectivity index (χ1n) is 7.61. The molecule has 1 aromatic heterocycles. The third-order valence-electron chi connectivity index (χ3n) is 4.18. The number of hydrogen-bond donors (Lipinski definition) is 0. The highest BCUT2D eigenvalue weighted by molar-refractivity contribution is 5.52. The van der Waals surface area contributed by atoms with E-state index in [1.165, 1.54) is 0 Å². The molecule has 0 aliphatic carbocycles. The molecule has 0 unspecified atom stereocenters. The van der Waals surface area contributed by atoms with Gasteiger partial charge in [0.05, 0.1) is 40.9 Å². The van der Waals surface area contributed by atoms with E-state index >= 15 is 0 Å². The summed E-state index contributed by atoms with van der Waals surface area (Å²) in [5.41, 5.74) is 1.35.